The number of hydrogen-bond donors (Lipinski definition) is 2. The van der Waals surface area contributed by atoms with Crippen molar-refractivity contribution in [3.05, 3.63) is 29.8 Å². The predicted octanol–water partition coefficient (Wildman–Crippen LogP) is 2.72. The topological polar surface area (TPSA) is 97.0 Å². The van der Waals surface area contributed by atoms with E-state index in [9.17, 15) is 14.4 Å². The normalized spacial score (nSPS) is 19.7. The minimum absolute atomic E-state index is 0.0111. The van der Waals surface area contributed by atoms with E-state index in [1.165, 1.54) is 4.90 Å². The Morgan fingerprint density at radius 2 is 1.76 bits per heavy atom. The quantitative estimate of drug-likeness (QED) is 0.583. The van der Waals surface area contributed by atoms with E-state index >= 15 is 0 Å². The van der Waals surface area contributed by atoms with Gasteiger partial charge in [-0.3, -0.25) is 14.4 Å². The number of carbonyl (C=O) groups excluding carboxylic acids is 3. The minimum Gasteiger partial charge on any atom is -0.497 e. The first-order chi connectivity index (χ1) is 15.9. The smallest absolute Gasteiger partial charge is 0.313 e. The molecule has 182 valence electrons. The molecular weight excluding hydrogens is 422 g/mol. The average Bonchev–Trinajstić information content (AvgIpc) is 3.35. The standard InChI is InChI=1S/C25H37N3O5/c1-17(2)28(25(31)24(30)27-19-8-5-4-6-9-19)22(18-11-13-20(32-3)14-12-18)23(29)26-16-21-10-7-15-33-21/h11-14,17,19,21-22H,4-10,15-16H2,1-3H3,(H,26,29)(H,27,30)/t21-,22-/m1/s1. The van der Waals surface area contributed by atoms with Gasteiger partial charge in [-0.1, -0.05) is 31.4 Å². The number of nitrogens with zero attached hydrogens (tertiary/aromatic N) is 1. The summed E-state index contributed by atoms with van der Waals surface area (Å²) >= 11 is 0. The van der Waals surface area contributed by atoms with Crippen molar-refractivity contribution in [3.8, 4) is 5.75 Å². The summed E-state index contributed by atoms with van der Waals surface area (Å²) in [6.07, 6.45) is 6.85. The lowest BCUT2D eigenvalue weighted by molar-refractivity contribution is -0.152. The van der Waals surface area contributed by atoms with Crippen LogP contribution < -0.4 is 15.4 Å². The summed E-state index contributed by atoms with van der Waals surface area (Å²) in [6, 6.07) is 5.73. The maximum absolute atomic E-state index is 13.4. The zero-order valence-corrected chi connectivity index (χ0v) is 20.0. The molecule has 0 radical (unpaired) electrons. The lowest BCUT2D eigenvalue weighted by atomic mass is 9.95. The maximum Gasteiger partial charge on any atom is 0.313 e. The van der Waals surface area contributed by atoms with E-state index in [4.69, 9.17) is 9.47 Å². The first-order valence-corrected chi connectivity index (χ1v) is 12.1. The third-order valence-electron chi connectivity index (χ3n) is 6.41. The molecule has 0 spiro atoms. The molecule has 8 heteroatoms. The number of nitrogens with one attached hydrogen (secondary N) is 2. The van der Waals surface area contributed by atoms with Crippen LogP contribution in [0.2, 0.25) is 0 Å². The van der Waals surface area contributed by atoms with Crippen LogP contribution in [0.15, 0.2) is 24.3 Å². The number of benzene rings is 1. The third-order valence-corrected chi connectivity index (χ3v) is 6.41. The molecule has 2 N–H and O–H groups in total. The summed E-state index contributed by atoms with van der Waals surface area (Å²) in [4.78, 5) is 41.0. The van der Waals surface area contributed by atoms with Crippen LogP contribution in [0.3, 0.4) is 0 Å². The van der Waals surface area contributed by atoms with E-state index in [-0.39, 0.29) is 24.1 Å². The molecule has 0 aromatic heterocycles. The second-order valence-corrected chi connectivity index (χ2v) is 9.17. The molecule has 1 aromatic carbocycles. The van der Waals surface area contributed by atoms with Gasteiger partial charge in [-0.2, -0.15) is 0 Å². The fraction of sp³-hybridized carbons (Fsp3) is 0.640. The zero-order chi connectivity index (χ0) is 23.8. The Morgan fingerprint density at radius 1 is 1.06 bits per heavy atom. The summed E-state index contributed by atoms with van der Waals surface area (Å²) in [5, 5.41) is 5.83. The van der Waals surface area contributed by atoms with Crippen LogP contribution >= 0.6 is 0 Å². The summed E-state index contributed by atoms with van der Waals surface area (Å²) in [7, 11) is 1.57. The Balaban J connectivity index is 1.82. The second kappa shape index (κ2) is 12.0. The summed E-state index contributed by atoms with van der Waals surface area (Å²) in [5.41, 5.74) is 0.619. The van der Waals surface area contributed by atoms with Gasteiger partial charge in [-0.05, 0) is 57.2 Å². The van der Waals surface area contributed by atoms with Gasteiger partial charge in [-0.15, -0.1) is 0 Å². The molecule has 0 bridgehead atoms. The molecule has 2 aliphatic rings. The van der Waals surface area contributed by atoms with E-state index < -0.39 is 17.9 Å². The fourth-order valence-corrected chi connectivity index (χ4v) is 4.60. The molecule has 1 aromatic rings. The van der Waals surface area contributed by atoms with E-state index in [0.29, 0.717) is 24.5 Å². The lowest BCUT2D eigenvalue weighted by Crippen LogP contribution is -2.53. The van der Waals surface area contributed by atoms with Gasteiger partial charge in [0.25, 0.3) is 0 Å². The average molecular weight is 460 g/mol. The van der Waals surface area contributed by atoms with Gasteiger partial charge >= 0.3 is 11.8 Å². The molecule has 3 rings (SSSR count). The van der Waals surface area contributed by atoms with Crippen molar-refractivity contribution in [2.45, 2.75) is 83.0 Å². The Morgan fingerprint density at radius 3 is 2.33 bits per heavy atom. The number of amides is 3. The highest BCUT2D eigenvalue weighted by molar-refractivity contribution is 6.35. The van der Waals surface area contributed by atoms with Crippen LogP contribution in [0.4, 0.5) is 0 Å². The number of hydrogen-bond acceptors (Lipinski definition) is 5. The van der Waals surface area contributed by atoms with E-state index in [0.717, 1.165) is 44.9 Å². The Hall–Kier alpha value is -2.61. The molecular formula is C25H37N3O5. The Kier molecular flexibility index (Phi) is 9.11. The number of carbonyl (C=O) groups is 3. The molecule has 8 nitrogen and oxygen atoms in total. The highest BCUT2D eigenvalue weighted by atomic mass is 16.5. The lowest BCUT2D eigenvalue weighted by Gasteiger charge is -2.35. The van der Waals surface area contributed by atoms with Gasteiger partial charge in [0.15, 0.2) is 0 Å². The number of ether oxygens (including phenoxy) is 2. The molecule has 2 atom stereocenters. The van der Waals surface area contributed by atoms with Gasteiger partial charge in [-0.25, -0.2) is 0 Å². The van der Waals surface area contributed by atoms with Crippen LogP contribution in [0.25, 0.3) is 0 Å². The third kappa shape index (κ3) is 6.69. The molecule has 33 heavy (non-hydrogen) atoms. The predicted molar refractivity (Wildman–Crippen MR) is 125 cm³/mol. The van der Waals surface area contributed by atoms with Gasteiger partial charge in [0, 0.05) is 25.2 Å². The van der Waals surface area contributed by atoms with Crippen molar-refractivity contribution in [1.29, 1.82) is 0 Å². The molecule has 2 fully saturated rings. The molecule has 1 aliphatic heterocycles. The van der Waals surface area contributed by atoms with Gasteiger partial charge in [0.2, 0.25) is 5.91 Å². The minimum atomic E-state index is -0.943. The van der Waals surface area contributed by atoms with Gasteiger partial charge in [0.05, 0.1) is 13.2 Å². The molecule has 1 saturated carbocycles. The second-order valence-electron chi connectivity index (χ2n) is 9.17. The van der Waals surface area contributed by atoms with Gasteiger partial charge in [0.1, 0.15) is 11.8 Å². The number of methoxy groups -OCH3 is 1. The summed E-state index contributed by atoms with van der Waals surface area (Å²) in [5.74, 6) is -1.03. The van der Waals surface area contributed by atoms with Gasteiger partial charge < -0.3 is 25.0 Å². The number of rotatable bonds is 8. The maximum atomic E-state index is 13.4. The Labute approximate surface area is 196 Å². The highest BCUT2D eigenvalue weighted by Gasteiger charge is 2.37. The summed E-state index contributed by atoms with van der Waals surface area (Å²) < 4.78 is 10.9. The molecule has 1 saturated heterocycles. The van der Waals surface area contributed by atoms with Crippen molar-refractivity contribution >= 4 is 17.7 Å². The first-order valence-electron chi connectivity index (χ1n) is 12.1. The van der Waals surface area contributed by atoms with Crippen LogP contribution in [0.5, 0.6) is 5.75 Å². The van der Waals surface area contributed by atoms with E-state index in [1.807, 2.05) is 13.8 Å². The van der Waals surface area contributed by atoms with Crippen LogP contribution in [-0.2, 0) is 19.1 Å². The van der Waals surface area contributed by atoms with Crippen LogP contribution in [-0.4, -0.2) is 61.1 Å². The SMILES string of the molecule is COc1ccc([C@H](C(=O)NC[C@H]2CCCO2)N(C(=O)C(=O)NC2CCCCC2)C(C)C)cc1. The van der Waals surface area contributed by atoms with E-state index in [1.54, 1.807) is 31.4 Å². The van der Waals surface area contributed by atoms with Crippen LogP contribution in [0.1, 0.15) is 70.4 Å². The largest absolute Gasteiger partial charge is 0.497 e. The molecule has 1 heterocycles. The van der Waals surface area contributed by atoms with Crippen molar-refractivity contribution in [2.75, 3.05) is 20.3 Å². The molecule has 1 aliphatic carbocycles. The van der Waals surface area contributed by atoms with Crippen molar-refractivity contribution < 1.29 is 23.9 Å². The van der Waals surface area contributed by atoms with Crippen LogP contribution in [0, 0.1) is 0 Å². The summed E-state index contributed by atoms with van der Waals surface area (Å²) in [6.45, 7) is 4.70. The zero-order valence-electron chi connectivity index (χ0n) is 20.0. The molecule has 0 unspecified atom stereocenters. The van der Waals surface area contributed by atoms with Crippen molar-refractivity contribution in [3.63, 3.8) is 0 Å². The Bertz CT molecular complexity index is 799. The van der Waals surface area contributed by atoms with Crippen molar-refractivity contribution in [2.24, 2.45) is 0 Å². The van der Waals surface area contributed by atoms with Crippen molar-refractivity contribution in [1.82, 2.24) is 15.5 Å². The van der Waals surface area contributed by atoms with E-state index in [2.05, 4.69) is 10.6 Å². The fourth-order valence-electron chi connectivity index (χ4n) is 4.60. The molecule has 3 amide bonds. The highest BCUT2D eigenvalue weighted by Crippen LogP contribution is 2.27. The first kappa shape index (κ1) is 25.0. The monoisotopic (exact) mass is 459 g/mol.